The van der Waals surface area contributed by atoms with Gasteiger partial charge in [0.1, 0.15) is 0 Å². The van der Waals surface area contributed by atoms with E-state index in [0.29, 0.717) is 0 Å². The topological polar surface area (TPSA) is 12.0 Å². The summed E-state index contributed by atoms with van der Waals surface area (Å²) in [6, 6.07) is 12.2. The van der Waals surface area contributed by atoms with Gasteiger partial charge < -0.3 is 5.32 Å². The van der Waals surface area contributed by atoms with E-state index in [0.717, 1.165) is 29.8 Å². The summed E-state index contributed by atoms with van der Waals surface area (Å²) >= 11 is 15.4. The molecule has 18 heavy (non-hydrogen) atoms. The van der Waals surface area contributed by atoms with Crippen molar-refractivity contribution in [2.24, 2.45) is 0 Å². The fourth-order valence-corrected chi connectivity index (χ4v) is 3.08. The molecular weight excluding hydrogens is 492 g/mol. The van der Waals surface area contributed by atoms with E-state index in [1.54, 1.807) is 0 Å². The van der Waals surface area contributed by atoms with E-state index < -0.39 is 0 Å². The largest absolute Gasteiger partial charge is 0.380 e. The molecule has 1 nitrogen and oxygen atoms in total. The van der Waals surface area contributed by atoms with Crippen LogP contribution in [0, 0.1) is 3.57 Å². The molecule has 0 radical (unpaired) electrons. The minimum absolute atomic E-state index is 0.742. The molecule has 0 heterocycles. The van der Waals surface area contributed by atoms with Crippen LogP contribution in [0.5, 0.6) is 0 Å². The van der Waals surface area contributed by atoms with Crippen molar-refractivity contribution in [1.29, 1.82) is 0 Å². The zero-order valence-electron chi connectivity index (χ0n) is 9.18. The SMILES string of the molecule is Clc1cc(I)ccc1NCc1ccc(Br)c(Br)c1. The summed E-state index contributed by atoms with van der Waals surface area (Å²) in [6.45, 7) is 0.742. The molecule has 0 saturated heterocycles. The number of benzene rings is 2. The third-order valence-corrected chi connectivity index (χ3v) is 5.26. The average molecular weight is 501 g/mol. The maximum absolute atomic E-state index is 6.17. The van der Waals surface area contributed by atoms with Gasteiger partial charge in [0.25, 0.3) is 0 Å². The van der Waals surface area contributed by atoms with Crippen LogP contribution in [-0.2, 0) is 6.54 Å². The zero-order valence-corrected chi connectivity index (χ0v) is 15.3. The summed E-state index contributed by atoms with van der Waals surface area (Å²) in [4.78, 5) is 0. The highest BCUT2D eigenvalue weighted by Crippen LogP contribution is 2.26. The first-order chi connectivity index (χ1) is 8.56. The van der Waals surface area contributed by atoms with E-state index in [1.165, 1.54) is 5.56 Å². The second kappa shape index (κ2) is 6.59. The molecule has 1 N–H and O–H groups in total. The van der Waals surface area contributed by atoms with Crippen molar-refractivity contribution in [1.82, 2.24) is 0 Å². The third-order valence-electron chi connectivity index (χ3n) is 2.40. The molecule has 0 aliphatic rings. The van der Waals surface area contributed by atoms with E-state index in [9.17, 15) is 0 Å². The maximum atomic E-state index is 6.17. The van der Waals surface area contributed by atoms with Gasteiger partial charge in [-0.05, 0) is 90.3 Å². The lowest BCUT2D eigenvalue weighted by atomic mass is 10.2. The quantitative estimate of drug-likeness (QED) is 0.503. The van der Waals surface area contributed by atoms with Gasteiger partial charge in [0.2, 0.25) is 0 Å². The Kier molecular flexibility index (Phi) is 5.35. The van der Waals surface area contributed by atoms with Gasteiger partial charge in [-0.3, -0.25) is 0 Å². The molecule has 0 unspecified atom stereocenters. The molecular formula is C13H9Br2ClIN. The van der Waals surface area contributed by atoms with Gasteiger partial charge in [0.15, 0.2) is 0 Å². The van der Waals surface area contributed by atoms with Crippen LogP contribution < -0.4 is 5.32 Å². The molecule has 0 fully saturated rings. The summed E-state index contributed by atoms with van der Waals surface area (Å²) in [5.74, 6) is 0. The van der Waals surface area contributed by atoms with E-state index >= 15 is 0 Å². The summed E-state index contributed by atoms with van der Waals surface area (Å²) < 4.78 is 3.24. The van der Waals surface area contributed by atoms with E-state index in [1.807, 2.05) is 24.3 Å². The normalized spacial score (nSPS) is 10.4. The van der Waals surface area contributed by atoms with Crippen LogP contribution >= 0.6 is 66.1 Å². The van der Waals surface area contributed by atoms with Crippen LogP contribution in [0.4, 0.5) is 5.69 Å². The van der Waals surface area contributed by atoms with Gasteiger partial charge in [0.05, 0.1) is 10.7 Å². The van der Waals surface area contributed by atoms with Crippen LogP contribution in [0.15, 0.2) is 45.3 Å². The van der Waals surface area contributed by atoms with Crippen molar-refractivity contribution in [3.63, 3.8) is 0 Å². The molecule has 2 aromatic carbocycles. The van der Waals surface area contributed by atoms with Crippen LogP contribution in [0.3, 0.4) is 0 Å². The smallest absolute Gasteiger partial charge is 0.0648 e. The molecule has 0 bridgehead atoms. The Labute approximate surface area is 142 Å². The predicted octanol–water partition coefficient (Wildman–Crippen LogP) is 6.08. The van der Waals surface area contributed by atoms with Crippen molar-refractivity contribution in [3.05, 3.63) is 59.5 Å². The second-order valence-corrected chi connectivity index (χ2v) is 7.09. The molecule has 0 aliphatic carbocycles. The Morgan fingerprint density at radius 2 is 1.83 bits per heavy atom. The molecule has 0 aromatic heterocycles. The zero-order chi connectivity index (χ0) is 13.1. The van der Waals surface area contributed by atoms with Crippen LogP contribution in [-0.4, -0.2) is 0 Å². The number of hydrogen-bond acceptors (Lipinski definition) is 1. The molecule has 0 amide bonds. The van der Waals surface area contributed by atoms with Crippen molar-refractivity contribution in [3.8, 4) is 0 Å². The summed E-state index contributed by atoms with van der Waals surface area (Å²) in [5, 5.41) is 4.08. The lowest BCUT2D eigenvalue weighted by Crippen LogP contribution is -2.00. The molecule has 0 atom stereocenters. The molecule has 0 spiro atoms. The van der Waals surface area contributed by atoms with E-state index in [2.05, 4.69) is 71.9 Å². The van der Waals surface area contributed by atoms with Gasteiger partial charge in [-0.2, -0.15) is 0 Å². The highest BCUT2D eigenvalue weighted by Gasteiger charge is 2.02. The minimum atomic E-state index is 0.742. The Hall–Kier alpha value is 0.220. The average Bonchev–Trinajstić information content (AvgIpc) is 2.32. The van der Waals surface area contributed by atoms with Crippen molar-refractivity contribution in [2.75, 3.05) is 5.32 Å². The summed E-state index contributed by atoms with van der Waals surface area (Å²) in [5.41, 5.74) is 2.15. The maximum Gasteiger partial charge on any atom is 0.0648 e. The van der Waals surface area contributed by atoms with Crippen molar-refractivity contribution >= 4 is 71.7 Å². The standard InChI is InChI=1S/C13H9Br2ClIN/c14-10-3-1-8(5-11(10)15)7-18-13-4-2-9(17)6-12(13)16/h1-6,18H,7H2. The number of anilines is 1. The molecule has 94 valence electrons. The van der Waals surface area contributed by atoms with Crippen molar-refractivity contribution < 1.29 is 0 Å². The number of nitrogens with one attached hydrogen (secondary N) is 1. The third kappa shape index (κ3) is 3.85. The fraction of sp³-hybridized carbons (Fsp3) is 0.0769. The number of hydrogen-bond donors (Lipinski definition) is 1. The van der Waals surface area contributed by atoms with Crippen LogP contribution in [0.2, 0.25) is 5.02 Å². The Morgan fingerprint density at radius 3 is 2.50 bits per heavy atom. The first-order valence-electron chi connectivity index (χ1n) is 5.19. The molecule has 2 rings (SSSR count). The van der Waals surface area contributed by atoms with Crippen LogP contribution in [0.25, 0.3) is 0 Å². The Bertz CT molecular complexity index is 575. The lowest BCUT2D eigenvalue weighted by molar-refractivity contribution is 1.14. The fourth-order valence-electron chi connectivity index (χ4n) is 1.48. The van der Waals surface area contributed by atoms with Gasteiger partial charge >= 0.3 is 0 Å². The minimum Gasteiger partial charge on any atom is -0.380 e. The van der Waals surface area contributed by atoms with Crippen molar-refractivity contribution in [2.45, 2.75) is 6.54 Å². The Morgan fingerprint density at radius 1 is 1.06 bits per heavy atom. The highest BCUT2D eigenvalue weighted by atomic mass is 127. The highest BCUT2D eigenvalue weighted by molar-refractivity contribution is 14.1. The molecule has 2 aromatic rings. The summed E-state index contributed by atoms with van der Waals surface area (Å²) in [7, 11) is 0. The van der Waals surface area contributed by atoms with Gasteiger partial charge in [-0.15, -0.1) is 0 Å². The van der Waals surface area contributed by atoms with E-state index in [-0.39, 0.29) is 0 Å². The molecule has 5 heteroatoms. The molecule has 0 saturated carbocycles. The number of halogens is 4. The van der Waals surface area contributed by atoms with Crippen LogP contribution in [0.1, 0.15) is 5.56 Å². The molecule has 0 aliphatic heterocycles. The predicted molar refractivity (Wildman–Crippen MR) is 93.3 cm³/mol. The monoisotopic (exact) mass is 499 g/mol. The number of rotatable bonds is 3. The lowest BCUT2D eigenvalue weighted by Gasteiger charge is -2.09. The Balaban J connectivity index is 2.09. The summed E-state index contributed by atoms with van der Waals surface area (Å²) in [6.07, 6.45) is 0. The first-order valence-corrected chi connectivity index (χ1v) is 8.23. The first kappa shape index (κ1) is 14.6. The van der Waals surface area contributed by atoms with E-state index in [4.69, 9.17) is 11.6 Å². The van der Waals surface area contributed by atoms with Gasteiger partial charge in [-0.25, -0.2) is 0 Å². The second-order valence-electron chi connectivity index (χ2n) is 3.73. The van der Waals surface area contributed by atoms with Gasteiger partial charge in [0, 0.05) is 19.1 Å². The van der Waals surface area contributed by atoms with Gasteiger partial charge in [-0.1, -0.05) is 17.7 Å².